The first kappa shape index (κ1) is 20.3. The van der Waals surface area contributed by atoms with E-state index in [4.69, 9.17) is 32.9 Å². The van der Waals surface area contributed by atoms with Crippen molar-refractivity contribution in [3.8, 4) is 5.75 Å². The fraction of sp³-hybridized carbons (Fsp3) is 0.200. The van der Waals surface area contributed by atoms with E-state index >= 15 is 0 Å². The number of ether oxygens (including phenoxy) is 1. The van der Waals surface area contributed by atoms with Gasteiger partial charge in [-0.3, -0.25) is 4.79 Å². The number of hydrogen-bond donors (Lipinski definition) is 1. The second kappa shape index (κ2) is 8.04. The molecule has 10 heteroatoms. The smallest absolute Gasteiger partial charge is 0.245 e. The third-order valence-corrected chi connectivity index (χ3v) is 5.65. The van der Waals surface area contributed by atoms with Gasteiger partial charge in [-0.25, -0.2) is 19.3 Å². The lowest BCUT2D eigenvalue weighted by atomic mass is 9.94. The van der Waals surface area contributed by atoms with Crippen LogP contribution in [0, 0.1) is 5.82 Å². The first-order chi connectivity index (χ1) is 14.4. The number of nitrogens with one attached hydrogen (secondary N) is 1. The summed E-state index contributed by atoms with van der Waals surface area (Å²) in [5.41, 5.74) is 1.74. The number of benzene rings is 1. The molecule has 1 fully saturated rings. The molecule has 1 aromatic carbocycles. The summed E-state index contributed by atoms with van der Waals surface area (Å²) in [7, 11) is 1.54. The molecule has 2 aromatic heterocycles. The Balaban J connectivity index is 1.73. The maximum atomic E-state index is 14.5. The lowest BCUT2D eigenvalue weighted by Gasteiger charge is -2.38. The minimum atomic E-state index is -0.692. The number of aromatic nitrogens is 3. The Hall–Kier alpha value is -2.97. The molecule has 1 aliphatic rings. The number of rotatable bonds is 5. The quantitative estimate of drug-likeness (QED) is 0.462. The number of carbonyl (C=O) groups excluding carboxylic acids is 1. The molecule has 1 N–H and O–H groups in total. The zero-order valence-electron chi connectivity index (χ0n) is 15.8. The highest BCUT2D eigenvalue weighted by molar-refractivity contribution is 6.42. The first-order valence-electron chi connectivity index (χ1n) is 8.94. The van der Waals surface area contributed by atoms with Gasteiger partial charge in [0.05, 0.1) is 34.1 Å². The molecule has 30 heavy (non-hydrogen) atoms. The van der Waals surface area contributed by atoms with E-state index in [1.165, 1.54) is 24.5 Å². The van der Waals surface area contributed by atoms with E-state index in [1.54, 1.807) is 18.1 Å². The molecule has 0 saturated carbocycles. The summed E-state index contributed by atoms with van der Waals surface area (Å²) in [4.78, 5) is 26.5. The third kappa shape index (κ3) is 3.53. The van der Waals surface area contributed by atoms with Crippen LogP contribution in [0.2, 0.25) is 10.0 Å². The van der Waals surface area contributed by atoms with Crippen molar-refractivity contribution in [1.29, 1.82) is 0 Å². The normalized spacial score (nSPS) is 13.8. The summed E-state index contributed by atoms with van der Waals surface area (Å²) in [5, 5.41) is 2.84. The van der Waals surface area contributed by atoms with Crippen molar-refractivity contribution in [2.24, 2.45) is 0 Å². The topological polar surface area (TPSA) is 80.2 Å². The van der Waals surface area contributed by atoms with Gasteiger partial charge in [-0.15, -0.1) is 0 Å². The number of methoxy groups -OCH3 is 1. The average molecular weight is 448 g/mol. The van der Waals surface area contributed by atoms with Crippen LogP contribution in [0.15, 0.2) is 37.2 Å². The van der Waals surface area contributed by atoms with Crippen molar-refractivity contribution >= 4 is 51.6 Å². The molecule has 1 aliphatic heterocycles. The monoisotopic (exact) mass is 447 g/mol. The molecule has 0 spiro atoms. The summed E-state index contributed by atoms with van der Waals surface area (Å²) >= 11 is 11.8. The maximum Gasteiger partial charge on any atom is 0.245 e. The fourth-order valence-electron chi connectivity index (χ4n) is 3.24. The van der Waals surface area contributed by atoms with Crippen LogP contribution < -0.4 is 10.1 Å². The zero-order chi connectivity index (χ0) is 21.4. The molecule has 1 amide bonds. The van der Waals surface area contributed by atoms with Gasteiger partial charge in [0.1, 0.15) is 17.6 Å². The van der Waals surface area contributed by atoms with Gasteiger partial charge in [0.25, 0.3) is 0 Å². The van der Waals surface area contributed by atoms with E-state index in [0.717, 1.165) is 0 Å². The highest BCUT2D eigenvalue weighted by Crippen LogP contribution is 2.36. The van der Waals surface area contributed by atoms with Gasteiger partial charge in [0, 0.05) is 25.1 Å². The summed E-state index contributed by atoms with van der Waals surface area (Å²) in [6, 6.07) is 4.69. The molecular weight excluding hydrogens is 432 g/mol. The van der Waals surface area contributed by atoms with Gasteiger partial charge in [-0.05, 0) is 18.2 Å². The number of halogens is 3. The van der Waals surface area contributed by atoms with Gasteiger partial charge >= 0.3 is 0 Å². The Morgan fingerprint density at radius 1 is 1.37 bits per heavy atom. The second-order valence-electron chi connectivity index (χ2n) is 6.66. The second-order valence-corrected chi connectivity index (χ2v) is 7.44. The molecule has 154 valence electrons. The molecule has 4 rings (SSSR count). The molecule has 0 atom stereocenters. The van der Waals surface area contributed by atoms with Gasteiger partial charge in [0.15, 0.2) is 11.6 Å². The van der Waals surface area contributed by atoms with E-state index in [9.17, 15) is 9.18 Å². The standard InChI is InChI=1S/C20H16Cl2FN5O2/c1-3-15(29)28-7-10(8-28)18-14(30-2)6-13-19(27-18)20(25-9-24-13)26-12-5-4-11(21)16(22)17(12)23/h3-6,9-10H,1,7-8H2,2H3,(H,24,25,26). The summed E-state index contributed by atoms with van der Waals surface area (Å²) < 4.78 is 20.0. The van der Waals surface area contributed by atoms with Gasteiger partial charge in [-0.2, -0.15) is 0 Å². The van der Waals surface area contributed by atoms with Crippen molar-refractivity contribution < 1.29 is 13.9 Å². The predicted octanol–water partition coefficient (Wildman–Crippen LogP) is 4.33. The van der Waals surface area contributed by atoms with Crippen molar-refractivity contribution in [2.45, 2.75) is 5.92 Å². The first-order valence-corrected chi connectivity index (χ1v) is 9.70. The lowest BCUT2D eigenvalue weighted by molar-refractivity contribution is -0.130. The maximum absolute atomic E-state index is 14.5. The number of pyridine rings is 1. The van der Waals surface area contributed by atoms with Crippen LogP contribution in [0.25, 0.3) is 11.0 Å². The number of amides is 1. The number of likely N-dealkylation sites (tertiary alicyclic amines) is 1. The van der Waals surface area contributed by atoms with Crippen LogP contribution in [0.4, 0.5) is 15.9 Å². The van der Waals surface area contributed by atoms with Gasteiger partial charge in [-0.1, -0.05) is 29.8 Å². The van der Waals surface area contributed by atoms with E-state index < -0.39 is 5.82 Å². The molecule has 3 aromatic rings. The van der Waals surface area contributed by atoms with Gasteiger partial charge < -0.3 is 15.0 Å². The molecule has 0 unspecified atom stereocenters. The van der Waals surface area contributed by atoms with Crippen LogP contribution >= 0.6 is 23.2 Å². The van der Waals surface area contributed by atoms with Crippen LogP contribution in [-0.2, 0) is 4.79 Å². The summed E-state index contributed by atoms with van der Waals surface area (Å²) in [6.07, 6.45) is 2.62. The molecule has 1 saturated heterocycles. The Labute approximate surface area is 181 Å². The minimum Gasteiger partial charge on any atom is -0.495 e. The predicted molar refractivity (Wildman–Crippen MR) is 113 cm³/mol. The zero-order valence-corrected chi connectivity index (χ0v) is 17.3. The minimum absolute atomic E-state index is 0.0111. The Morgan fingerprint density at radius 2 is 2.13 bits per heavy atom. The molecule has 0 radical (unpaired) electrons. The molecule has 7 nitrogen and oxygen atoms in total. The number of nitrogens with zero attached hydrogens (tertiary/aromatic N) is 4. The average Bonchev–Trinajstić information content (AvgIpc) is 2.72. The number of hydrogen-bond acceptors (Lipinski definition) is 6. The van der Waals surface area contributed by atoms with Crippen molar-refractivity contribution in [2.75, 3.05) is 25.5 Å². The molecular formula is C20H16Cl2FN5O2. The largest absolute Gasteiger partial charge is 0.495 e. The summed E-state index contributed by atoms with van der Waals surface area (Å²) in [5.74, 6) is 0.0279. The fourth-order valence-corrected chi connectivity index (χ4v) is 3.55. The van der Waals surface area contributed by atoms with E-state index in [-0.39, 0.29) is 27.6 Å². The Kier molecular flexibility index (Phi) is 5.44. The van der Waals surface area contributed by atoms with Crippen molar-refractivity contribution in [3.05, 3.63) is 58.7 Å². The SMILES string of the molecule is C=CC(=O)N1CC(c2nc3c(Nc4ccc(Cl)c(Cl)c4F)ncnc3cc2OC)C1. The lowest BCUT2D eigenvalue weighted by Crippen LogP contribution is -2.48. The third-order valence-electron chi connectivity index (χ3n) is 4.87. The molecule has 0 bridgehead atoms. The van der Waals surface area contributed by atoms with Gasteiger partial charge in [0.2, 0.25) is 5.91 Å². The van der Waals surface area contributed by atoms with Crippen molar-refractivity contribution in [3.63, 3.8) is 0 Å². The Morgan fingerprint density at radius 3 is 2.83 bits per heavy atom. The highest BCUT2D eigenvalue weighted by atomic mass is 35.5. The van der Waals surface area contributed by atoms with Crippen LogP contribution in [0.1, 0.15) is 11.6 Å². The van der Waals surface area contributed by atoms with Crippen LogP contribution in [0.3, 0.4) is 0 Å². The van der Waals surface area contributed by atoms with Crippen molar-refractivity contribution in [1.82, 2.24) is 19.9 Å². The van der Waals surface area contributed by atoms with E-state index in [1.807, 2.05) is 0 Å². The molecule has 3 heterocycles. The number of carbonyl (C=O) groups is 1. The number of anilines is 2. The Bertz CT molecular complexity index is 1170. The number of fused-ring (bicyclic) bond motifs is 1. The van der Waals surface area contributed by atoms with Crippen LogP contribution in [-0.4, -0.2) is 46.0 Å². The van der Waals surface area contributed by atoms with Crippen LogP contribution in [0.5, 0.6) is 5.75 Å². The van der Waals surface area contributed by atoms with E-state index in [2.05, 4.69) is 21.9 Å². The molecule has 0 aliphatic carbocycles. The van der Waals surface area contributed by atoms with E-state index in [0.29, 0.717) is 41.4 Å². The highest BCUT2D eigenvalue weighted by Gasteiger charge is 2.34. The summed E-state index contributed by atoms with van der Waals surface area (Å²) in [6.45, 7) is 4.50.